The van der Waals surface area contributed by atoms with Crippen LogP contribution >= 0.6 is 0 Å². The first-order chi connectivity index (χ1) is 6.96. The minimum atomic E-state index is -0.920. The van der Waals surface area contributed by atoms with Gasteiger partial charge in [-0.15, -0.1) is 0 Å². The average Bonchev–Trinajstić information content (AvgIpc) is 2.45. The Balaban J connectivity index is 1.95. The van der Waals surface area contributed by atoms with Crippen molar-refractivity contribution in [3.63, 3.8) is 0 Å². The first kappa shape index (κ1) is 11.4. The number of carbonyl (C=O) groups is 1. The van der Waals surface area contributed by atoms with Crippen LogP contribution in [0.1, 0.15) is 32.1 Å². The Morgan fingerprint density at radius 2 is 2.00 bits per heavy atom. The van der Waals surface area contributed by atoms with Crippen molar-refractivity contribution in [1.82, 2.24) is 0 Å². The summed E-state index contributed by atoms with van der Waals surface area (Å²) in [5.74, 6) is 2.71. The van der Waals surface area contributed by atoms with E-state index in [-0.39, 0.29) is 0 Å². The molecule has 0 radical (unpaired) electrons. The van der Waals surface area contributed by atoms with Gasteiger partial charge in [-0.2, -0.15) is 0 Å². The quantitative estimate of drug-likeness (QED) is 0.653. The molecular weight excluding hydrogens is 200 g/mol. The summed E-state index contributed by atoms with van der Waals surface area (Å²) in [5.41, 5.74) is 0. The second-order valence-corrected chi connectivity index (χ2v) is 12.4. The summed E-state index contributed by atoms with van der Waals surface area (Å²) in [6, 6.07) is 1.44. The van der Waals surface area contributed by atoms with Gasteiger partial charge in [-0.1, -0.05) is 25.7 Å². The number of carbonyl (C=O) groups excluding carboxylic acids is 1. The molecule has 2 heteroatoms. The van der Waals surface area contributed by atoms with Crippen LogP contribution in [0.15, 0.2) is 0 Å². The first-order valence-electron chi connectivity index (χ1n) is 6.48. The minimum absolute atomic E-state index is 0.472. The summed E-state index contributed by atoms with van der Waals surface area (Å²) in [6.07, 6.45) is 5.97. The fourth-order valence-corrected chi connectivity index (χ4v) is 5.78. The number of ketones is 1. The van der Waals surface area contributed by atoms with Crippen molar-refractivity contribution in [2.45, 2.75) is 57.8 Å². The van der Waals surface area contributed by atoms with Gasteiger partial charge in [0.2, 0.25) is 0 Å². The lowest BCUT2D eigenvalue weighted by atomic mass is 9.81. The van der Waals surface area contributed by atoms with E-state index in [1.54, 1.807) is 0 Å². The molecule has 86 valence electrons. The third-order valence-corrected chi connectivity index (χ3v) is 5.91. The maximum Gasteiger partial charge on any atom is 0.136 e. The van der Waals surface area contributed by atoms with Crippen molar-refractivity contribution < 1.29 is 4.79 Å². The van der Waals surface area contributed by atoms with E-state index in [0.29, 0.717) is 11.7 Å². The first-order valence-corrected chi connectivity index (χ1v) is 10.2. The molecule has 0 bridgehead atoms. The largest absolute Gasteiger partial charge is 0.299 e. The highest BCUT2D eigenvalue weighted by atomic mass is 28.3. The number of Topliss-reactive ketones (excluding diaryl/α,β-unsaturated/α-hetero) is 1. The van der Waals surface area contributed by atoms with Crippen LogP contribution in [0, 0.1) is 17.8 Å². The molecule has 2 saturated carbocycles. The Hall–Kier alpha value is -0.113. The van der Waals surface area contributed by atoms with E-state index < -0.39 is 8.07 Å². The summed E-state index contributed by atoms with van der Waals surface area (Å²) in [4.78, 5) is 11.8. The Kier molecular flexibility index (Phi) is 3.06. The zero-order chi connectivity index (χ0) is 11.1. The molecule has 0 aromatic heterocycles. The molecule has 2 aliphatic carbocycles. The predicted octanol–water partition coefficient (Wildman–Crippen LogP) is 3.72. The SMILES string of the molecule is C[Si](C)(C)C[C@H]1C[C@H]2CCCC(=O)[C@@H]2C1. The molecule has 0 aromatic rings. The summed E-state index contributed by atoms with van der Waals surface area (Å²) >= 11 is 0. The van der Waals surface area contributed by atoms with Gasteiger partial charge in [-0.3, -0.25) is 4.79 Å². The third-order valence-electron chi connectivity index (χ3n) is 4.11. The van der Waals surface area contributed by atoms with E-state index in [1.165, 1.54) is 31.7 Å². The predicted molar refractivity (Wildman–Crippen MR) is 66.7 cm³/mol. The Bertz CT molecular complexity index is 254. The molecule has 0 amide bonds. The van der Waals surface area contributed by atoms with Gasteiger partial charge in [0.05, 0.1) is 0 Å². The van der Waals surface area contributed by atoms with Gasteiger partial charge in [0.15, 0.2) is 0 Å². The van der Waals surface area contributed by atoms with Gasteiger partial charge in [0.25, 0.3) is 0 Å². The van der Waals surface area contributed by atoms with E-state index >= 15 is 0 Å². The second-order valence-electron chi connectivity index (χ2n) is 6.83. The lowest BCUT2D eigenvalue weighted by Crippen LogP contribution is -2.24. The lowest BCUT2D eigenvalue weighted by molar-refractivity contribution is -0.125. The van der Waals surface area contributed by atoms with E-state index in [9.17, 15) is 4.79 Å². The van der Waals surface area contributed by atoms with Crippen LogP contribution in [0.3, 0.4) is 0 Å². The summed E-state index contributed by atoms with van der Waals surface area (Å²) in [6.45, 7) is 7.37. The van der Waals surface area contributed by atoms with Crippen molar-refractivity contribution in [3.05, 3.63) is 0 Å². The highest BCUT2D eigenvalue weighted by Gasteiger charge is 2.41. The van der Waals surface area contributed by atoms with Gasteiger partial charge in [0.1, 0.15) is 5.78 Å². The summed E-state index contributed by atoms with van der Waals surface area (Å²) < 4.78 is 0. The smallest absolute Gasteiger partial charge is 0.136 e. The third kappa shape index (κ3) is 2.71. The van der Waals surface area contributed by atoms with Crippen molar-refractivity contribution >= 4 is 13.9 Å². The van der Waals surface area contributed by atoms with Crippen LogP contribution in [-0.2, 0) is 4.79 Å². The van der Waals surface area contributed by atoms with Crippen molar-refractivity contribution in [3.8, 4) is 0 Å². The van der Waals surface area contributed by atoms with Crippen LogP contribution < -0.4 is 0 Å². The Morgan fingerprint density at radius 1 is 1.27 bits per heavy atom. The Labute approximate surface area is 94.6 Å². The number of hydrogen-bond donors (Lipinski definition) is 0. The molecule has 1 nitrogen and oxygen atoms in total. The van der Waals surface area contributed by atoms with Crippen molar-refractivity contribution in [2.75, 3.05) is 0 Å². The highest BCUT2D eigenvalue weighted by molar-refractivity contribution is 6.76. The molecule has 0 aromatic carbocycles. The molecule has 2 aliphatic rings. The van der Waals surface area contributed by atoms with Gasteiger partial charge in [-0.05, 0) is 37.5 Å². The highest BCUT2D eigenvalue weighted by Crippen LogP contribution is 2.45. The molecule has 0 aliphatic heterocycles. The number of rotatable bonds is 2. The molecule has 0 N–H and O–H groups in total. The zero-order valence-electron chi connectivity index (χ0n) is 10.4. The minimum Gasteiger partial charge on any atom is -0.299 e. The van der Waals surface area contributed by atoms with Crippen molar-refractivity contribution in [1.29, 1.82) is 0 Å². The fraction of sp³-hybridized carbons (Fsp3) is 0.923. The monoisotopic (exact) mass is 224 g/mol. The topological polar surface area (TPSA) is 17.1 Å². The van der Waals surface area contributed by atoms with Crippen LogP contribution in [0.4, 0.5) is 0 Å². The van der Waals surface area contributed by atoms with Gasteiger partial charge >= 0.3 is 0 Å². The average molecular weight is 224 g/mol. The summed E-state index contributed by atoms with van der Waals surface area (Å²) in [5, 5.41) is 0. The van der Waals surface area contributed by atoms with Crippen LogP contribution in [-0.4, -0.2) is 13.9 Å². The lowest BCUT2D eigenvalue weighted by Gasteiger charge is -2.23. The van der Waals surface area contributed by atoms with Gasteiger partial charge in [0, 0.05) is 20.4 Å². The van der Waals surface area contributed by atoms with Crippen LogP contribution in [0.5, 0.6) is 0 Å². The Morgan fingerprint density at radius 3 is 2.60 bits per heavy atom. The maximum atomic E-state index is 11.8. The van der Waals surface area contributed by atoms with E-state index in [0.717, 1.165) is 18.3 Å². The van der Waals surface area contributed by atoms with Crippen LogP contribution in [0.2, 0.25) is 25.7 Å². The number of hydrogen-bond acceptors (Lipinski definition) is 1. The molecule has 15 heavy (non-hydrogen) atoms. The molecule has 3 atom stereocenters. The fourth-order valence-electron chi connectivity index (χ4n) is 3.71. The molecule has 0 spiro atoms. The molecule has 0 heterocycles. The van der Waals surface area contributed by atoms with E-state index in [1.807, 2.05) is 0 Å². The molecule has 2 fully saturated rings. The molecule has 2 rings (SSSR count). The zero-order valence-corrected chi connectivity index (χ0v) is 11.4. The second kappa shape index (κ2) is 4.04. The van der Waals surface area contributed by atoms with Gasteiger partial charge < -0.3 is 0 Å². The molecular formula is C13H24OSi. The van der Waals surface area contributed by atoms with Gasteiger partial charge in [-0.25, -0.2) is 0 Å². The molecule has 0 unspecified atom stereocenters. The van der Waals surface area contributed by atoms with E-state index in [4.69, 9.17) is 0 Å². The molecule has 0 saturated heterocycles. The normalized spacial score (nSPS) is 36.7. The summed E-state index contributed by atoms with van der Waals surface area (Å²) in [7, 11) is -0.920. The standard InChI is InChI=1S/C13H24OSi/c1-15(2,3)9-10-7-11-5-4-6-13(14)12(11)8-10/h10-12H,4-9H2,1-3H3/t10-,11+,12+/m0/s1. The maximum absolute atomic E-state index is 11.8. The number of fused-ring (bicyclic) bond motifs is 1. The van der Waals surface area contributed by atoms with E-state index in [2.05, 4.69) is 19.6 Å². The van der Waals surface area contributed by atoms with Crippen molar-refractivity contribution in [2.24, 2.45) is 17.8 Å². The van der Waals surface area contributed by atoms with Crippen LogP contribution in [0.25, 0.3) is 0 Å².